The maximum atomic E-state index is 12.2. The second-order valence-electron chi connectivity index (χ2n) is 5.02. The van der Waals surface area contributed by atoms with Crippen molar-refractivity contribution in [3.8, 4) is 0 Å². The molecule has 0 unspecified atom stereocenters. The zero-order valence-electron chi connectivity index (χ0n) is 10.4. The summed E-state index contributed by atoms with van der Waals surface area (Å²) < 4.78 is 1.75. The van der Waals surface area contributed by atoms with Gasteiger partial charge in [0, 0.05) is 0 Å². The van der Waals surface area contributed by atoms with Crippen molar-refractivity contribution in [1.82, 2.24) is 4.98 Å². The molecule has 4 heteroatoms. The van der Waals surface area contributed by atoms with Gasteiger partial charge in [-0.05, 0) is 37.8 Å². The first-order valence-corrected chi connectivity index (χ1v) is 6.59. The number of nitrogens with two attached hydrogens (primary N) is 1. The van der Waals surface area contributed by atoms with Crippen molar-refractivity contribution in [2.45, 2.75) is 38.1 Å². The number of anilines is 1. The summed E-state index contributed by atoms with van der Waals surface area (Å²) in [6, 6.07) is 7.95. The maximum absolute atomic E-state index is 12.2. The van der Waals surface area contributed by atoms with Crippen molar-refractivity contribution in [3.05, 3.63) is 34.7 Å². The molecule has 18 heavy (non-hydrogen) atoms. The van der Waals surface area contributed by atoms with Crippen molar-refractivity contribution in [2.75, 3.05) is 5.73 Å². The zero-order chi connectivity index (χ0) is 12.5. The van der Waals surface area contributed by atoms with E-state index in [1.807, 2.05) is 24.3 Å². The average Bonchev–Trinajstić information content (AvgIpc) is 2.40. The number of hydrogen-bond donors (Lipinski definition) is 2. The number of H-pyrrole nitrogens is 1. The number of hydrogen-bond acceptors (Lipinski definition) is 2. The van der Waals surface area contributed by atoms with Crippen LogP contribution in [0, 0.1) is 0 Å². The smallest absolute Gasteiger partial charge is 0.318 e. The number of fused-ring (bicyclic) bond motifs is 1. The van der Waals surface area contributed by atoms with E-state index in [2.05, 4.69) is 4.98 Å². The van der Waals surface area contributed by atoms with E-state index in [1.54, 1.807) is 4.57 Å². The van der Waals surface area contributed by atoms with Crippen LogP contribution in [0.25, 0.3) is 10.9 Å². The van der Waals surface area contributed by atoms with Crippen LogP contribution in [0.5, 0.6) is 0 Å². The molecule has 1 saturated carbocycles. The normalized spacial score (nSPS) is 17.1. The molecule has 1 fully saturated rings. The van der Waals surface area contributed by atoms with E-state index < -0.39 is 0 Å². The van der Waals surface area contributed by atoms with Crippen LogP contribution >= 0.6 is 0 Å². The Hall–Kier alpha value is -1.84. The highest BCUT2D eigenvalue weighted by atomic mass is 16.1. The Morgan fingerprint density at radius 1 is 1.17 bits per heavy atom. The summed E-state index contributed by atoms with van der Waals surface area (Å²) in [6.07, 6.45) is 5.74. The van der Waals surface area contributed by atoms with Crippen LogP contribution in [0.4, 0.5) is 5.82 Å². The minimum absolute atomic E-state index is 0.0851. The summed E-state index contributed by atoms with van der Waals surface area (Å²) >= 11 is 0. The summed E-state index contributed by atoms with van der Waals surface area (Å²) in [5.41, 5.74) is 6.92. The van der Waals surface area contributed by atoms with Crippen LogP contribution in [0.2, 0.25) is 0 Å². The summed E-state index contributed by atoms with van der Waals surface area (Å²) in [4.78, 5) is 15.1. The SMILES string of the molecule is Nc1c2ccccc2[nH]c(=O)[n+]1C1CCCCC1. The molecule has 1 heterocycles. The molecular weight excluding hydrogens is 226 g/mol. The number of benzene rings is 1. The highest BCUT2D eigenvalue weighted by molar-refractivity contribution is 5.85. The molecule has 0 radical (unpaired) electrons. The van der Waals surface area contributed by atoms with Gasteiger partial charge in [-0.3, -0.25) is 0 Å². The number of para-hydroxylation sites is 1. The van der Waals surface area contributed by atoms with Crippen molar-refractivity contribution in [3.63, 3.8) is 0 Å². The Balaban J connectivity index is 2.19. The van der Waals surface area contributed by atoms with Crippen molar-refractivity contribution in [2.24, 2.45) is 0 Å². The van der Waals surface area contributed by atoms with Gasteiger partial charge in [0.15, 0.2) is 0 Å². The van der Waals surface area contributed by atoms with Crippen LogP contribution in [0.1, 0.15) is 38.1 Å². The highest BCUT2D eigenvalue weighted by Gasteiger charge is 2.24. The molecule has 2 aromatic rings. The number of nitrogens with zero attached hydrogens (tertiary/aromatic N) is 1. The minimum Gasteiger partial charge on any atom is -0.318 e. The second kappa shape index (κ2) is 4.44. The van der Waals surface area contributed by atoms with Crippen LogP contribution in [0.3, 0.4) is 0 Å². The van der Waals surface area contributed by atoms with Gasteiger partial charge in [-0.15, -0.1) is 0 Å². The fourth-order valence-electron chi connectivity index (χ4n) is 2.93. The maximum Gasteiger partial charge on any atom is 0.441 e. The minimum atomic E-state index is -0.0851. The van der Waals surface area contributed by atoms with Gasteiger partial charge in [0.05, 0.1) is 11.4 Å². The van der Waals surface area contributed by atoms with Gasteiger partial charge >= 0.3 is 5.69 Å². The first kappa shape index (κ1) is 11.3. The standard InChI is InChI=1S/C14H17N3O/c15-13-11-8-4-5-9-12(11)16-14(18)17(13)10-6-2-1-3-7-10/h4-5,8-10H,1-3,6-7H2,(H2,15,16,18)/p+1. The molecule has 1 aliphatic carbocycles. The molecular formula is C14H18N3O+. The molecule has 1 aliphatic rings. The first-order chi connectivity index (χ1) is 8.77. The van der Waals surface area contributed by atoms with Crippen LogP contribution in [0.15, 0.2) is 29.1 Å². The number of rotatable bonds is 1. The number of nitrogen functional groups attached to an aromatic ring is 1. The molecule has 3 N–H and O–H groups in total. The molecule has 0 amide bonds. The predicted molar refractivity (Wildman–Crippen MR) is 71.3 cm³/mol. The first-order valence-electron chi connectivity index (χ1n) is 6.59. The Morgan fingerprint density at radius 2 is 1.89 bits per heavy atom. The Kier molecular flexibility index (Phi) is 2.78. The lowest BCUT2D eigenvalue weighted by atomic mass is 9.95. The van der Waals surface area contributed by atoms with Crippen LogP contribution in [-0.4, -0.2) is 4.98 Å². The third kappa shape index (κ3) is 1.78. The zero-order valence-corrected chi connectivity index (χ0v) is 10.4. The summed E-state index contributed by atoms with van der Waals surface area (Å²) in [5, 5.41) is 0.933. The quantitative estimate of drug-likeness (QED) is 0.753. The van der Waals surface area contributed by atoms with Gasteiger partial charge in [-0.25, -0.2) is 9.78 Å². The van der Waals surface area contributed by atoms with Crippen LogP contribution in [-0.2, 0) is 0 Å². The van der Waals surface area contributed by atoms with E-state index in [4.69, 9.17) is 5.73 Å². The van der Waals surface area contributed by atoms with Gasteiger partial charge in [0.25, 0.3) is 0 Å². The Bertz CT molecular complexity index is 626. The molecule has 0 atom stereocenters. The van der Waals surface area contributed by atoms with Gasteiger partial charge in [-0.1, -0.05) is 18.6 Å². The summed E-state index contributed by atoms with van der Waals surface area (Å²) in [6.45, 7) is 0. The number of aromatic nitrogens is 2. The molecule has 0 aliphatic heterocycles. The summed E-state index contributed by atoms with van der Waals surface area (Å²) in [7, 11) is 0. The van der Waals surface area contributed by atoms with E-state index in [-0.39, 0.29) is 11.7 Å². The average molecular weight is 244 g/mol. The molecule has 94 valence electrons. The Morgan fingerprint density at radius 3 is 2.67 bits per heavy atom. The summed E-state index contributed by atoms with van der Waals surface area (Å²) in [5.74, 6) is 0.598. The number of nitrogens with one attached hydrogen (secondary N) is 1. The van der Waals surface area contributed by atoms with E-state index in [9.17, 15) is 4.79 Å². The predicted octanol–water partition coefficient (Wildman–Crippen LogP) is 1.90. The third-order valence-corrected chi connectivity index (χ3v) is 3.86. The second-order valence-corrected chi connectivity index (χ2v) is 5.02. The molecule has 0 saturated heterocycles. The largest absolute Gasteiger partial charge is 0.441 e. The Labute approximate surface area is 105 Å². The van der Waals surface area contributed by atoms with Gasteiger partial charge in [-0.2, -0.15) is 4.57 Å². The molecule has 4 nitrogen and oxygen atoms in total. The van der Waals surface area contributed by atoms with Crippen molar-refractivity contribution < 1.29 is 4.57 Å². The van der Waals surface area contributed by atoms with Gasteiger partial charge < -0.3 is 5.73 Å². The topological polar surface area (TPSA) is 62.8 Å². The molecule has 1 aromatic heterocycles. The lowest BCUT2D eigenvalue weighted by Gasteiger charge is -2.21. The molecule has 0 spiro atoms. The lowest BCUT2D eigenvalue weighted by molar-refractivity contribution is -0.727. The molecule has 3 rings (SSSR count). The fraction of sp³-hybridized carbons (Fsp3) is 0.429. The van der Waals surface area contributed by atoms with Crippen molar-refractivity contribution in [1.29, 1.82) is 0 Å². The van der Waals surface area contributed by atoms with Crippen molar-refractivity contribution >= 4 is 16.7 Å². The van der Waals surface area contributed by atoms with Gasteiger partial charge in [0.1, 0.15) is 5.52 Å². The van der Waals surface area contributed by atoms with E-state index in [1.165, 1.54) is 19.3 Å². The van der Waals surface area contributed by atoms with Crippen LogP contribution < -0.4 is 16.0 Å². The lowest BCUT2D eigenvalue weighted by Crippen LogP contribution is -2.56. The molecule has 0 bridgehead atoms. The van der Waals surface area contributed by atoms with E-state index in [0.29, 0.717) is 5.82 Å². The number of aromatic amines is 1. The van der Waals surface area contributed by atoms with E-state index in [0.717, 1.165) is 23.7 Å². The molecule has 1 aromatic carbocycles. The van der Waals surface area contributed by atoms with E-state index >= 15 is 0 Å². The highest BCUT2D eigenvalue weighted by Crippen LogP contribution is 2.25. The third-order valence-electron chi connectivity index (χ3n) is 3.86. The van der Waals surface area contributed by atoms with Gasteiger partial charge in [0.2, 0.25) is 5.82 Å². The monoisotopic (exact) mass is 244 g/mol. The fourth-order valence-corrected chi connectivity index (χ4v) is 2.93.